The molecular formula is C16H8ClF3N2O3S. The van der Waals surface area contributed by atoms with Crippen LogP contribution in [-0.2, 0) is 15.8 Å². The first kappa shape index (κ1) is 18.2. The van der Waals surface area contributed by atoms with Crippen LogP contribution in [0.25, 0.3) is 6.08 Å². The molecule has 1 N–H and O–H groups in total. The number of nitrogens with one attached hydrogen (secondary N) is 1. The Hall–Kier alpha value is -2.65. The second-order valence-corrected chi connectivity index (χ2v) is 5.96. The zero-order valence-electron chi connectivity index (χ0n) is 12.6. The van der Waals surface area contributed by atoms with Gasteiger partial charge in [-0.3, -0.25) is 19.8 Å². The SMILES string of the molecule is O=C1NC(=S)N(c2ccc(Cl)cc2)C(=O)/C1=C/c1ccc(C(F)(F)F)o1. The van der Waals surface area contributed by atoms with Gasteiger partial charge in [0.15, 0.2) is 5.11 Å². The summed E-state index contributed by atoms with van der Waals surface area (Å²) in [6.07, 6.45) is -3.75. The number of amides is 2. The Balaban J connectivity index is 1.97. The molecule has 1 aromatic carbocycles. The van der Waals surface area contributed by atoms with E-state index in [2.05, 4.69) is 9.73 Å². The average molecular weight is 401 g/mol. The van der Waals surface area contributed by atoms with Gasteiger partial charge in [-0.1, -0.05) is 11.6 Å². The third-order valence-electron chi connectivity index (χ3n) is 3.38. The van der Waals surface area contributed by atoms with Crippen molar-refractivity contribution in [3.05, 3.63) is 58.5 Å². The van der Waals surface area contributed by atoms with E-state index in [1.54, 1.807) is 0 Å². The number of hydrogen-bond donors (Lipinski definition) is 1. The van der Waals surface area contributed by atoms with Crippen LogP contribution in [0.4, 0.5) is 18.9 Å². The summed E-state index contributed by atoms with van der Waals surface area (Å²) in [6, 6.07) is 7.78. The predicted molar refractivity (Wildman–Crippen MR) is 91.4 cm³/mol. The largest absolute Gasteiger partial charge is 0.452 e. The van der Waals surface area contributed by atoms with Crippen molar-refractivity contribution < 1.29 is 27.2 Å². The van der Waals surface area contributed by atoms with Crippen molar-refractivity contribution in [1.82, 2.24) is 5.32 Å². The highest BCUT2D eigenvalue weighted by Gasteiger charge is 2.36. The normalized spacial score (nSPS) is 17.0. The van der Waals surface area contributed by atoms with E-state index in [0.29, 0.717) is 16.8 Å². The fourth-order valence-electron chi connectivity index (χ4n) is 2.21. The van der Waals surface area contributed by atoms with E-state index < -0.39 is 29.3 Å². The first-order chi connectivity index (χ1) is 12.2. The zero-order valence-corrected chi connectivity index (χ0v) is 14.2. The maximum Gasteiger partial charge on any atom is 0.449 e. The summed E-state index contributed by atoms with van der Waals surface area (Å²) in [5.41, 5.74) is -0.0812. The molecule has 2 heterocycles. The fourth-order valence-corrected chi connectivity index (χ4v) is 2.61. The molecule has 0 radical (unpaired) electrons. The summed E-state index contributed by atoms with van der Waals surface area (Å²) in [5, 5.41) is 2.59. The molecule has 2 aromatic rings. The Bertz CT molecular complexity index is 935. The average Bonchev–Trinajstić information content (AvgIpc) is 3.02. The number of thiocarbonyl (C=S) groups is 1. The monoisotopic (exact) mass is 400 g/mol. The second kappa shape index (κ2) is 6.58. The molecular weight excluding hydrogens is 393 g/mol. The minimum absolute atomic E-state index is 0.158. The second-order valence-electron chi connectivity index (χ2n) is 5.13. The summed E-state index contributed by atoms with van der Waals surface area (Å²) in [7, 11) is 0. The van der Waals surface area contributed by atoms with Gasteiger partial charge < -0.3 is 4.42 Å². The third kappa shape index (κ3) is 3.49. The van der Waals surface area contributed by atoms with E-state index in [-0.39, 0.29) is 10.9 Å². The highest BCUT2D eigenvalue weighted by Crippen LogP contribution is 2.31. The number of furan rings is 1. The molecule has 26 heavy (non-hydrogen) atoms. The molecule has 2 amide bonds. The lowest BCUT2D eigenvalue weighted by Crippen LogP contribution is -2.54. The van der Waals surface area contributed by atoms with Crippen LogP contribution in [0.1, 0.15) is 11.5 Å². The summed E-state index contributed by atoms with van der Waals surface area (Å²) >= 11 is 10.8. The smallest absolute Gasteiger partial charge is 0.449 e. The first-order valence-corrected chi connectivity index (χ1v) is 7.79. The molecule has 3 rings (SSSR count). The van der Waals surface area contributed by atoms with Gasteiger partial charge in [-0.2, -0.15) is 13.2 Å². The number of nitrogens with zero attached hydrogens (tertiary/aromatic N) is 1. The quantitative estimate of drug-likeness (QED) is 0.473. The summed E-state index contributed by atoms with van der Waals surface area (Å²) in [5.74, 6) is -3.17. The van der Waals surface area contributed by atoms with Crippen molar-refractivity contribution in [1.29, 1.82) is 0 Å². The Labute approximate surface area is 155 Å². The highest BCUT2D eigenvalue weighted by atomic mass is 35.5. The maximum atomic E-state index is 12.7. The van der Waals surface area contributed by atoms with Crippen molar-refractivity contribution in [3.63, 3.8) is 0 Å². The van der Waals surface area contributed by atoms with Crippen LogP contribution in [0.2, 0.25) is 5.02 Å². The fraction of sp³-hybridized carbons (Fsp3) is 0.0625. The Morgan fingerprint density at radius 2 is 1.77 bits per heavy atom. The van der Waals surface area contributed by atoms with E-state index in [1.807, 2.05) is 0 Å². The number of anilines is 1. The Morgan fingerprint density at radius 1 is 1.12 bits per heavy atom. The number of carbonyl (C=O) groups excluding carboxylic acids is 2. The lowest BCUT2D eigenvalue weighted by Gasteiger charge is -2.28. The van der Waals surface area contributed by atoms with Gasteiger partial charge in [0, 0.05) is 5.02 Å². The van der Waals surface area contributed by atoms with Gasteiger partial charge in [0.1, 0.15) is 11.3 Å². The number of carbonyl (C=O) groups is 2. The molecule has 1 fully saturated rings. The summed E-state index contributed by atoms with van der Waals surface area (Å²) < 4.78 is 42.4. The number of rotatable bonds is 2. The molecule has 0 aliphatic carbocycles. The molecule has 1 saturated heterocycles. The number of alkyl halides is 3. The van der Waals surface area contributed by atoms with Gasteiger partial charge in [-0.15, -0.1) is 0 Å². The topological polar surface area (TPSA) is 62.6 Å². The van der Waals surface area contributed by atoms with Crippen LogP contribution >= 0.6 is 23.8 Å². The predicted octanol–water partition coefficient (Wildman–Crippen LogP) is 3.78. The standard InChI is InChI=1S/C16H8ClF3N2O3S/c17-8-1-3-9(4-2-8)22-14(24)11(13(23)21-15(22)26)7-10-5-6-12(25-10)16(18,19)20/h1-7H,(H,21,23,26)/b11-7+. The van der Waals surface area contributed by atoms with E-state index in [0.717, 1.165) is 17.0 Å². The molecule has 0 unspecified atom stereocenters. The molecule has 0 saturated carbocycles. The zero-order chi connectivity index (χ0) is 19.1. The summed E-state index contributed by atoms with van der Waals surface area (Å²) in [6.45, 7) is 0. The van der Waals surface area contributed by atoms with Gasteiger partial charge in [-0.25, -0.2) is 0 Å². The molecule has 0 bridgehead atoms. The van der Waals surface area contributed by atoms with Crippen LogP contribution < -0.4 is 10.2 Å². The molecule has 1 aliphatic heterocycles. The molecule has 134 valence electrons. The van der Waals surface area contributed by atoms with Gasteiger partial charge in [0.05, 0.1) is 5.69 Å². The van der Waals surface area contributed by atoms with Crippen molar-refractivity contribution in [2.24, 2.45) is 0 Å². The minimum Gasteiger partial charge on any atom is -0.452 e. The minimum atomic E-state index is -4.67. The lowest BCUT2D eigenvalue weighted by molar-refractivity contribution is -0.153. The van der Waals surface area contributed by atoms with E-state index in [4.69, 9.17) is 23.8 Å². The van der Waals surface area contributed by atoms with E-state index >= 15 is 0 Å². The van der Waals surface area contributed by atoms with E-state index in [9.17, 15) is 22.8 Å². The van der Waals surface area contributed by atoms with Crippen LogP contribution in [0.15, 0.2) is 46.4 Å². The van der Waals surface area contributed by atoms with Crippen molar-refractivity contribution in [3.8, 4) is 0 Å². The Morgan fingerprint density at radius 3 is 2.35 bits per heavy atom. The van der Waals surface area contributed by atoms with Crippen molar-refractivity contribution >= 4 is 52.5 Å². The van der Waals surface area contributed by atoms with Gasteiger partial charge in [-0.05, 0) is 54.7 Å². The van der Waals surface area contributed by atoms with E-state index in [1.165, 1.54) is 24.3 Å². The lowest BCUT2D eigenvalue weighted by atomic mass is 10.1. The van der Waals surface area contributed by atoms with Gasteiger partial charge in [0.25, 0.3) is 11.8 Å². The van der Waals surface area contributed by atoms with Crippen LogP contribution in [0.5, 0.6) is 0 Å². The molecule has 10 heteroatoms. The van der Waals surface area contributed by atoms with Crippen LogP contribution in [0, 0.1) is 0 Å². The molecule has 5 nitrogen and oxygen atoms in total. The third-order valence-corrected chi connectivity index (χ3v) is 3.92. The number of halogens is 4. The summed E-state index contributed by atoms with van der Waals surface area (Å²) in [4.78, 5) is 25.7. The van der Waals surface area contributed by atoms with Crippen molar-refractivity contribution in [2.45, 2.75) is 6.18 Å². The molecule has 1 aliphatic rings. The van der Waals surface area contributed by atoms with Gasteiger partial charge >= 0.3 is 6.18 Å². The molecule has 0 spiro atoms. The van der Waals surface area contributed by atoms with Crippen LogP contribution in [-0.4, -0.2) is 16.9 Å². The molecule has 0 atom stereocenters. The van der Waals surface area contributed by atoms with Crippen LogP contribution in [0.3, 0.4) is 0 Å². The Kier molecular flexibility index (Phi) is 4.59. The van der Waals surface area contributed by atoms with Gasteiger partial charge in [0.2, 0.25) is 5.76 Å². The number of hydrogen-bond acceptors (Lipinski definition) is 4. The number of benzene rings is 1. The van der Waals surface area contributed by atoms with Crippen molar-refractivity contribution in [2.75, 3.05) is 4.90 Å². The maximum absolute atomic E-state index is 12.7. The first-order valence-electron chi connectivity index (χ1n) is 7.01. The highest BCUT2D eigenvalue weighted by molar-refractivity contribution is 7.80. The molecule has 1 aromatic heterocycles.